The van der Waals surface area contributed by atoms with Crippen LogP contribution < -0.4 is 24.4 Å². The molecule has 3 rings (SSSR count). The van der Waals surface area contributed by atoms with Gasteiger partial charge < -0.3 is 24.4 Å². The van der Waals surface area contributed by atoms with Gasteiger partial charge in [0, 0.05) is 36.8 Å². The number of hydrogen-bond acceptors (Lipinski definition) is 7. The second kappa shape index (κ2) is 8.77. The molecule has 144 valence electrons. The lowest BCUT2D eigenvalue weighted by Gasteiger charge is -2.15. The Labute approximate surface area is 162 Å². The number of carbonyl (C=O) groups excluding carboxylic acids is 1. The van der Waals surface area contributed by atoms with Gasteiger partial charge in [-0.05, 0) is 30.2 Å². The van der Waals surface area contributed by atoms with Crippen molar-refractivity contribution in [3.63, 3.8) is 0 Å². The number of ether oxygens (including phenoxy) is 3. The number of amides is 1. The first-order chi connectivity index (χ1) is 13.1. The van der Waals surface area contributed by atoms with Crippen molar-refractivity contribution in [2.45, 2.75) is 12.5 Å². The van der Waals surface area contributed by atoms with E-state index in [1.165, 1.54) is 6.08 Å². The SMILES string of the molecule is COc1cc(/C=C/C(=O)NC2CCN(c3nccs3)C2)cc(OC)c1OC. The summed E-state index contributed by atoms with van der Waals surface area (Å²) >= 11 is 1.61. The van der Waals surface area contributed by atoms with Crippen LogP contribution in [0.2, 0.25) is 0 Å². The Morgan fingerprint density at radius 1 is 1.26 bits per heavy atom. The molecule has 0 saturated carbocycles. The van der Waals surface area contributed by atoms with Crippen molar-refractivity contribution in [3.8, 4) is 17.2 Å². The number of nitrogens with zero attached hydrogens (tertiary/aromatic N) is 2. The summed E-state index contributed by atoms with van der Waals surface area (Å²) in [5.41, 5.74) is 0.787. The van der Waals surface area contributed by atoms with E-state index in [0.717, 1.165) is 30.2 Å². The quantitative estimate of drug-likeness (QED) is 0.734. The molecule has 1 aliphatic rings. The molecule has 0 aliphatic carbocycles. The van der Waals surface area contributed by atoms with Crippen LogP contribution in [0.4, 0.5) is 5.13 Å². The van der Waals surface area contributed by atoms with E-state index >= 15 is 0 Å². The smallest absolute Gasteiger partial charge is 0.244 e. The molecular formula is C19H23N3O4S. The number of carbonyl (C=O) groups is 1. The van der Waals surface area contributed by atoms with Gasteiger partial charge in [-0.1, -0.05) is 0 Å². The Morgan fingerprint density at radius 2 is 2.00 bits per heavy atom. The standard InChI is InChI=1S/C19H23N3O4S/c1-24-15-10-13(11-16(25-2)18(15)26-3)4-5-17(23)21-14-6-8-22(12-14)19-20-7-9-27-19/h4-5,7,9-11,14H,6,8,12H2,1-3H3,(H,21,23)/b5-4+. The first-order valence-electron chi connectivity index (χ1n) is 8.57. The molecule has 1 unspecified atom stereocenters. The highest BCUT2D eigenvalue weighted by Gasteiger charge is 2.24. The van der Waals surface area contributed by atoms with Gasteiger partial charge in [0.05, 0.1) is 21.3 Å². The molecule has 7 nitrogen and oxygen atoms in total. The van der Waals surface area contributed by atoms with Crippen molar-refractivity contribution < 1.29 is 19.0 Å². The van der Waals surface area contributed by atoms with Gasteiger partial charge in [0.1, 0.15) is 0 Å². The number of nitrogens with one attached hydrogen (secondary N) is 1. The normalized spacial score (nSPS) is 16.6. The van der Waals surface area contributed by atoms with Crippen LogP contribution in [0, 0.1) is 0 Å². The van der Waals surface area contributed by atoms with Gasteiger partial charge in [0.15, 0.2) is 16.6 Å². The van der Waals surface area contributed by atoms with Crippen LogP contribution in [0.15, 0.2) is 29.8 Å². The van der Waals surface area contributed by atoms with Gasteiger partial charge in [0.2, 0.25) is 11.7 Å². The summed E-state index contributed by atoms with van der Waals surface area (Å²) in [5, 5.41) is 6.00. The number of rotatable bonds is 7. The summed E-state index contributed by atoms with van der Waals surface area (Å²) < 4.78 is 16.0. The molecule has 0 bridgehead atoms. The minimum atomic E-state index is -0.130. The van der Waals surface area contributed by atoms with E-state index in [-0.39, 0.29) is 11.9 Å². The van der Waals surface area contributed by atoms with Gasteiger partial charge in [-0.3, -0.25) is 4.79 Å². The maximum atomic E-state index is 12.3. The molecule has 1 saturated heterocycles. The van der Waals surface area contributed by atoms with Crippen LogP contribution in [-0.2, 0) is 4.79 Å². The molecule has 27 heavy (non-hydrogen) atoms. The van der Waals surface area contributed by atoms with E-state index in [1.807, 2.05) is 5.38 Å². The number of benzene rings is 1. The summed E-state index contributed by atoms with van der Waals surface area (Å²) in [5.74, 6) is 1.49. The van der Waals surface area contributed by atoms with Crippen LogP contribution in [0.3, 0.4) is 0 Å². The van der Waals surface area contributed by atoms with E-state index in [1.54, 1.807) is 57.1 Å². The Bertz CT molecular complexity index is 782. The topological polar surface area (TPSA) is 72.9 Å². The summed E-state index contributed by atoms with van der Waals surface area (Å²) in [4.78, 5) is 18.8. The Balaban J connectivity index is 1.62. The van der Waals surface area contributed by atoms with Crippen molar-refractivity contribution >= 4 is 28.5 Å². The third kappa shape index (κ3) is 4.51. The lowest BCUT2D eigenvalue weighted by atomic mass is 10.1. The summed E-state index contributed by atoms with van der Waals surface area (Å²) in [6.45, 7) is 1.67. The third-order valence-corrected chi connectivity index (χ3v) is 5.17. The van der Waals surface area contributed by atoms with Crippen molar-refractivity contribution in [3.05, 3.63) is 35.3 Å². The van der Waals surface area contributed by atoms with Gasteiger partial charge in [-0.25, -0.2) is 4.98 Å². The molecule has 1 aromatic carbocycles. The van der Waals surface area contributed by atoms with Crippen LogP contribution in [0.25, 0.3) is 6.08 Å². The Kier molecular flexibility index (Phi) is 6.18. The lowest BCUT2D eigenvalue weighted by molar-refractivity contribution is -0.117. The monoisotopic (exact) mass is 389 g/mol. The fourth-order valence-electron chi connectivity index (χ4n) is 3.04. The molecule has 1 fully saturated rings. The van der Waals surface area contributed by atoms with Gasteiger partial charge in [0.25, 0.3) is 0 Å². The molecule has 1 amide bonds. The average Bonchev–Trinajstić information content (AvgIpc) is 3.37. The van der Waals surface area contributed by atoms with Gasteiger partial charge >= 0.3 is 0 Å². The fourth-order valence-corrected chi connectivity index (χ4v) is 3.72. The zero-order valence-electron chi connectivity index (χ0n) is 15.6. The zero-order valence-corrected chi connectivity index (χ0v) is 16.4. The number of anilines is 1. The Morgan fingerprint density at radius 3 is 2.59 bits per heavy atom. The first kappa shape index (κ1) is 19.0. The van der Waals surface area contributed by atoms with Crippen LogP contribution in [0.1, 0.15) is 12.0 Å². The summed E-state index contributed by atoms with van der Waals surface area (Å²) in [7, 11) is 4.68. The number of methoxy groups -OCH3 is 3. The maximum absolute atomic E-state index is 12.3. The van der Waals surface area contributed by atoms with Gasteiger partial charge in [-0.2, -0.15) is 0 Å². The molecule has 0 radical (unpaired) electrons. The minimum absolute atomic E-state index is 0.117. The maximum Gasteiger partial charge on any atom is 0.244 e. The van der Waals surface area contributed by atoms with Crippen molar-refractivity contribution in [2.75, 3.05) is 39.3 Å². The largest absolute Gasteiger partial charge is 0.493 e. The molecule has 2 aromatic rings. The van der Waals surface area contributed by atoms with Crippen molar-refractivity contribution in [2.24, 2.45) is 0 Å². The predicted molar refractivity (Wildman–Crippen MR) is 106 cm³/mol. The highest BCUT2D eigenvalue weighted by atomic mass is 32.1. The molecule has 2 heterocycles. The Hall–Kier alpha value is -2.74. The molecular weight excluding hydrogens is 366 g/mol. The van der Waals surface area contributed by atoms with Crippen LogP contribution >= 0.6 is 11.3 Å². The van der Waals surface area contributed by atoms with Crippen molar-refractivity contribution in [1.82, 2.24) is 10.3 Å². The van der Waals surface area contributed by atoms with E-state index in [9.17, 15) is 4.79 Å². The first-order valence-corrected chi connectivity index (χ1v) is 9.45. The molecule has 1 aliphatic heterocycles. The molecule has 0 spiro atoms. The second-order valence-electron chi connectivity index (χ2n) is 6.05. The fraction of sp³-hybridized carbons (Fsp3) is 0.368. The number of aromatic nitrogens is 1. The highest BCUT2D eigenvalue weighted by Crippen LogP contribution is 2.38. The second-order valence-corrected chi connectivity index (χ2v) is 6.92. The van der Waals surface area contributed by atoms with Crippen LogP contribution in [0.5, 0.6) is 17.2 Å². The molecule has 8 heteroatoms. The molecule has 1 N–H and O–H groups in total. The zero-order chi connectivity index (χ0) is 19.2. The number of thiazole rings is 1. The van der Waals surface area contributed by atoms with E-state index in [2.05, 4.69) is 15.2 Å². The summed E-state index contributed by atoms with van der Waals surface area (Å²) in [6.07, 6.45) is 5.95. The van der Waals surface area contributed by atoms with E-state index < -0.39 is 0 Å². The highest BCUT2D eigenvalue weighted by molar-refractivity contribution is 7.13. The number of hydrogen-bond donors (Lipinski definition) is 1. The van der Waals surface area contributed by atoms with E-state index in [4.69, 9.17) is 14.2 Å². The molecule has 1 aromatic heterocycles. The minimum Gasteiger partial charge on any atom is -0.493 e. The lowest BCUT2D eigenvalue weighted by Crippen LogP contribution is -2.36. The predicted octanol–water partition coefficient (Wildman–Crippen LogP) is 2.58. The molecule has 1 atom stereocenters. The third-order valence-electron chi connectivity index (χ3n) is 4.34. The van der Waals surface area contributed by atoms with Crippen LogP contribution in [-0.4, -0.2) is 51.4 Å². The van der Waals surface area contributed by atoms with E-state index in [0.29, 0.717) is 17.2 Å². The summed E-state index contributed by atoms with van der Waals surface area (Å²) in [6, 6.07) is 3.71. The van der Waals surface area contributed by atoms with Crippen molar-refractivity contribution in [1.29, 1.82) is 0 Å². The van der Waals surface area contributed by atoms with Gasteiger partial charge in [-0.15, -0.1) is 11.3 Å². The average molecular weight is 389 g/mol.